The zero-order chi connectivity index (χ0) is 15.0. The Morgan fingerprint density at radius 3 is 2.55 bits per heavy atom. The summed E-state index contributed by atoms with van der Waals surface area (Å²) >= 11 is 0. The molecule has 0 aromatic carbocycles. The van der Waals surface area contributed by atoms with Gasteiger partial charge in [0.1, 0.15) is 5.41 Å². The molecular weight excluding hydrogens is 258 g/mol. The van der Waals surface area contributed by atoms with Crippen LogP contribution in [0.2, 0.25) is 0 Å². The van der Waals surface area contributed by atoms with Crippen LogP contribution in [-0.4, -0.2) is 45.6 Å². The molecule has 6 nitrogen and oxygen atoms in total. The molecule has 1 aliphatic heterocycles. The Labute approximate surface area is 119 Å². The second-order valence-corrected chi connectivity index (χ2v) is 6.72. The van der Waals surface area contributed by atoms with Crippen LogP contribution in [0.4, 0.5) is 0 Å². The summed E-state index contributed by atoms with van der Waals surface area (Å²) in [5, 5.41) is 22.1. The van der Waals surface area contributed by atoms with Crippen LogP contribution in [0.5, 0.6) is 0 Å². The summed E-state index contributed by atoms with van der Waals surface area (Å²) in [4.78, 5) is 14.6. The van der Waals surface area contributed by atoms with Crippen LogP contribution < -0.4 is 5.73 Å². The number of hydrogen-bond donors (Lipinski definition) is 3. The Kier molecular flexibility index (Phi) is 3.95. The highest BCUT2D eigenvalue weighted by Crippen LogP contribution is 2.47. The molecule has 2 rings (SSSR count). The molecule has 1 aliphatic carbocycles. The lowest BCUT2D eigenvalue weighted by molar-refractivity contribution is -0.144. The van der Waals surface area contributed by atoms with Crippen molar-refractivity contribution in [3.8, 4) is 0 Å². The fraction of sp³-hybridized carbons (Fsp3) is 0.857. The molecule has 114 valence electrons. The fourth-order valence-corrected chi connectivity index (χ4v) is 3.49. The minimum Gasteiger partial charge on any atom is -0.409 e. The second-order valence-electron chi connectivity index (χ2n) is 6.72. The molecule has 0 aromatic rings. The standard InChI is InChI=1S/C14H25N3O3/c1-10-8-14(9-10,11(15)16-20)12(18)17-6-3-4-13(2,19)5-7-17/h10,19-20H,3-9H2,1-2H3,(H2,15,16). The van der Waals surface area contributed by atoms with Gasteiger partial charge in [-0.05, 0) is 44.9 Å². The number of hydrogen-bond acceptors (Lipinski definition) is 4. The Balaban J connectivity index is 2.13. The Bertz CT molecular complexity index is 414. The predicted octanol–water partition coefficient (Wildman–Crippen LogP) is 0.913. The maximum absolute atomic E-state index is 12.8. The summed E-state index contributed by atoms with van der Waals surface area (Å²) in [6.45, 7) is 5.03. The van der Waals surface area contributed by atoms with Crippen LogP contribution >= 0.6 is 0 Å². The highest BCUT2D eigenvalue weighted by Gasteiger charge is 2.53. The quantitative estimate of drug-likeness (QED) is 0.303. The van der Waals surface area contributed by atoms with Crippen molar-refractivity contribution in [3.05, 3.63) is 0 Å². The van der Waals surface area contributed by atoms with Crippen molar-refractivity contribution in [2.75, 3.05) is 13.1 Å². The SMILES string of the molecule is CC1CC(C(=O)N2CCCC(C)(O)CC2)(C(N)=NO)C1. The minimum absolute atomic E-state index is 0.0246. The van der Waals surface area contributed by atoms with Crippen LogP contribution in [-0.2, 0) is 4.79 Å². The molecule has 1 saturated heterocycles. The van der Waals surface area contributed by atoms with E-state index in [0.29, 0.717) is 44.7 Å². The minimum atomic E-state index is -0.829. The average molecular weight is 283 g/mol. The number of amides is 1. The largest absolute Gasteiger partial charge is 0.409 e. The summed E-state index contributed by atoms with van der Waals surface area (Å²) in [5.74, 6) is 0.384. The number of carbonyl (C=O) groups is 1. The summed E-state index contributed by atoms with van der Waals surface area (Å²) < 4.78 is 0. The maximum atomic E-state index is 12.8. The summed E-state index contributed by atoms with van der Waals surface area (Å²) in [7, 11) is 0. The number of oxime groups is 1. The zero-order valence-corrected chi connectivity index (χ0v) is 12.3. The van der Waals surface area contributed by atoms with E-state index in [9.17, 15) is 9.90 Å². The van der Waals surface area contributed by atoms with Crippen molar-refractivity contribution in [3.63, 3.8) is 0 Å². The van der Waals surface area contributed by atoms with Crippen molar-refractivity contribution in [1.29, 1.82) is 0 Å². The lowest BCUT2D eigenvalue weighted by Gasteiger charge is -2.46. The first kappa shape index (κ1) is 15.1. The van der Waals surface area contributed by atoms with Gasteiger partial charge >= 0.3 is 0 Å². The van der Waals surface area contributed by atoms with E-state index in [1.807, 2.05) is 6.92 Å². The molecule has 1 saturated carbocycles. The monoisotopic (exact) mass is 283 g/mol. The second kappa shape index (κ2) is 5.24. The Hall–Kier alpha value is -1.30. The number of carbonyl (C=O) groups excluding carboxylic acids is 1. The predicted molar refractivity (Wildman–Crippen MR) is 75.3 cm³/mol. The first-order valence-electron chi connectivity index (χ1n) is 7.30. The van der Waals surface area contributed by atoms with Gasteiger partial charge in [0.2, 0.25) is 5.91 Å². The maximum Gasteiger partial charge on any atom is 0.236 e. The van der Waals surface area contributed by atoms with Crippen LogP contribution in [0.25, 0.3) is 0 Å². The fourth-order valence-electron chi connectivity index (χ4n) is 3.49. The lowest BCUT2D eigenvalue weighted by Crippen LogP contribution is -2.58. The van der Waals surface area contributed by atoms with Gasteiger partial charge in [0, 0.05) is 13.1 Å². The van der Waals surface area contributed by atoms with Gasteiger partial charge < -0.3 is 20.9 Å². The smallest absolute Gasteiger partial charge is 0.236 e. The van der Waals surface area contributed by atoms with E-state index in [-0.39, 0.29) is 11.7 Å². The highest BCUT2D eigenvalue weighted by molar-refractivity contribution is 6.07. The molecule has 1 atom stereocenters. The first-order chi connectivity index (χ1) is 9.31. The number of likely N-dealkylation sites (tertiary alicyclic amines) is 1. The molecule has 1 amide bonds. The Morgan fingerprint density at radius 2 is 2.00 bits per heavy atom. The number of amidine groups is 1. The van der Waals surface area contributed by atoms with Crippen LogP contribution in [0.15, 0.2) is 5.16 Å². The van der Waals surface area contributed by atoms with Gasteiger partial charge in [0.05, 0.1) is 5.60 Å². The molecule has 4 N–H and O–H groups in total. The molecule has 0 spiro atoms. The molecule has 2 fully saturated rings. The normalized spacial score (nSPS) is 39.0. The van der Waals surface area contributed by atoms with Crippen LogP contribution in [0, 0.1) is 11.3 Å². The van der Waals surface area contributed by atoms with Crippen molar-refractivity contribution in [2.45, 2.75) is 51.6 Å². The van der Waals surface area contributed by atoms with Gasteiger partial charge in [-0.25, -0.2) is 0 Å². The number of nitrogens with two attached hydrogens (primary N) is 1. The van der Waals surface area contributed by atoms with Crippen LogP contribution in [0.3, 0.4) is 0 Å². The van der Waals surface area contributed by atoms with Gasteiger partial charge in [-0.2, -0.15) is 0 Å². The third kappa shape index (κ3) is 2.61. The topological polar surface area (TPSA) is 99.2 Å². The van der Waals surface area contributed by atoms with E-state index < -0.39 is 11.0 Å². The van der Waals surface area contributed by atoms with E-state index in [0.717, 1.165) is 6.42 Å². The average Bonchev–Trinajstić information content (AvgIpc) is 2.54. The molecule has 2 aliphatic rings. The van der Waals surface area contributed by atoms with E-state index in [1.54, 1.807) is 4.90 Å². The number of nitrogens with zero attached hydrogens (tertiary/aromatic N) is 2. The third-order valence-electron chi connectivity index (χ3n) is 4.75. The van der Waals surface area contributed by atoms with E-state index in [4.69, 9.17) is 10.9 Å². The van der Waals surface area contributed by atoms with E-state index >= 15 is 0 Å². The Morgan fingerprint density at radius 1 is 1.35 bits per heavy atom. The molecule has 6 heteroatoms. The molecule has 0 aromatic heterocycles. The van der Waals surface area contributed by atoms with Crippen LogP contribution in [0.1, 0.15) is 46.0 Å². The summed E-state index contributed by atoms with van der Waals surface area (Å²) in [6, 6.07) is 0. The first-order valence-corrected chi connectivity index (χ1v) is 7.30. The lowest BCUT2D eigenvalue weighted by atomic mass is 9.61. The van der Waals surface area contributed by atoms with Crippen molar-refractivity contribution >= 4 is 11.7 Å². The molecular formula is C14H25N3O3. The van der Waals surface area contributed by atoms with Gasteiger partial charge in [0.15, 0.2) is 5.84 Å². The van der Waals surface area contributed by atoms with Crippen molar-refractivity contribution < 1.29 is 15.1 Å². The number of rotatable bonds is 2. The van der Waals surface area contributed by atoms with Gasteiger partial charge in [-0.15, -0.1) is 0 Å². The van der Waals surface area contributed by atoms with Crippen molar-refractivity contribution in [2.24, 2.45) is 22.2 Å². The number of aliphatic hydroxyl groups is 1. The molecule has 0 bridgehead atoms. The molecule has 20 heavy (non-hydrogen) atoms. The molecule has 0 radical (unpaired) electrons. The molecule has 1 unspecified atom stereocenters. The highest BCUT2D eigenvalue weighted by atomic mass is 16.4. The zero-order valence-electron chi connectivity index (χ0n) is 12.3. The van der Waals surface area contributed by atoms with Gasteiger partial charge in [0.25, 0.3) is 0 Å². The van der Waals surface area contributed by atoms with E-state index in [1.165, 1.54) is 0 Å². The van der Waals surface area contributed by atoms with E-state index in [2.05, 4.69) is 12.1 Å². The van der Waals surface area contributed by atoms with Crippen molar-refractivity contribution in [1.82, 2.24) is 4.90 Å². The van der Waals surface area contributed by atoms with Gasteiger partial charge in [-0.1, -0.05) is 12.1 Å². The summed E-state index contributed by atoms with van der Waals surface area (Å²) in [6.07, 6.45) is 3.31. The van der Waals surface area contributed by atoms with Gasteiger partial charge in [-0.3, -0.25) is 4.79 Å². The third-order valence-corrected chi connectivity index (χ3v) is 4.75. The molecule has 1 heterocycles. The summed E-state index contributed by atoms with van der Waals surface area (Å²) in [5.41, 5.74) is 4.25.